The maximum Gasteiger partial charge on any atom is 0.204 e. The van der Waals surface area contributed by atoms with Crippen molar-refractivity contribution in [2.24, 2.45) is 30.9 Å². The minimum Gasteiger partial charge on any atom is -0.339 e. The lowest BCUT2D eigenvalue weighted by Crippen LogP contribution is -2.35. The van der Waals surface area contributed by atoms with Gasteiger partial charge in [0, 0.05) is 22.7 Å². The van der Waals surface area contributed by atoms with E-state index >= 15 is 0 Å². The average molecular weight is 522 g/mol. The summed E-state index contributed by atoms with van der Waals surface area (Å²) < 4.78 is 4.16. The maximum atomic E-state index is 5.29. The molecule has 3 unspecified atom stereocenters. The number of aliphatic imine (C=N–C) groups is 1. The monoisotopic (exact) mass is 521 g/mol. The van der Waals surface area contributed by atoms with Crippen LogP contribution in [0.1, 0.15) is 82.4 Å². The van der Waals surface area contributed by atoms with Gasteiger partial charge in [0.15, 0.2) is 7.05 Å². The van der Waals surface area contributed by atoms with E-state index in [0.29, 0.717) is 17.8 Å². The van der Waals surface area contributed by atoms with Crippen molar-refractivity contribution in [3.8, 4) is 11.3 Å². The fourth-order valence-corrected chi connectivity index (χ4v) is 6.92. The van der Waals surface area contributed by atoms with Crippen LogP contribution in [0.15, 0.2) is 65.8 Å². The Morgan fingerprint density at radius 2 is 1.77 bits per heavy atom. The Kier molecular flexibility index (Phi) is 7.20. The topological polar surface area (TPSA) is 62.7 Å². The number of fused-ring (bicyclic) bond motifs is 1. The lowest BCUT2D eigenvalue weighted by atomic mass is 9.76. The third-order valence-corrected chi connectivity index (χ3v) is 9.14. The molecule has 0 saturated heterocycles. The molecule has 0 amide bonds. The average Bonchev–Trinajstić information content (AvgIpc) is 3.52. The number of rotatable bonds is 5. The van der Waals surface area contributed by atoms with Crippen LogP contribution in [0.4, 0.5) is 0 Å². The zero-order valence-corrected chi connectivity index (χ0v) is 23.8. The first-order valence-corrected chi connectivity index (χ1v) is 14.7. The summed E-state index contributed by atoms with van der Waals surface area (Å²) in [5.41, 5.74) is 9.87. The zero-order valence-electron chi connectivity index (χ0n) is 23.8. The van der Waals surface area contributed by atoms with Crippen LogP contribution in [0.25, 0.3) is 27.9 Å². The Labute approximate surface area is 231 Å². The fraction of sp³-hybridized carbons (Fsp3) is 0.455. The standard InChI is InChI=1S/C33H41N6/c1-5-23-17-29(36-22(2)31(23)25-12-7-6-8-13-25)24-11-9-10-14-26(16-15-24)32-28-18-30(37-33(28)35-21-34-32)27-19-38(3)39(4)20-27/h6-8,12-13,18-21,23-24,26H,5,9-11,14-17H2,1-4H3,(H,34,35,37)/q+1. The fourth-order valence-electron chi connectivity index (χ4n) is 6.92. The quantitative estimate of drug-likeness (QED) is 0.284. The minimum atomic E-state index is 0.455. The number of nitrogens with zero attached hydrogens (tertiary/aromatic N) is 5. The molecule has 202 valence electrons. The summed E-state index contributed by atoms with van der Waals surface area (Å²) in [5, 5.41) is 1.17. The highest BCUT2D eigenvalue weighted by molar-refractivity contribution is 5.93. The van der Waals surface area contributed by atoms with Gasteiger partial charge in [-0.2, -0.15) is 4.68 Å². The van der Waals surface area contributed by atoms with Crippen LogP contribution in [-0.2, 0) is 14.1 Å². The van der Waals surface area contributed by atoms with Crippen LogP contribution in [0, 0.1) is 11.8 Å². The van der Waals surface area contributed by atoms with Crippen LogP contribution in [0.5, 0.6) is 0 Å². The largest absolute Gasteiger partial charge is 0.339 e. The molecule has 1 fully saturated rings. The lowest BCUT2D eigenvalue weighted by Gasteiger charge is -2.32. The highest BCUT2D eigenvalue weighted by Gasteiger charge is 2.30. The number of nitrogens with one attached hydrogen (secondary N) is 1. The van der Waals surface area contributed by atoms with E-state index in [1.807, 2.05) is 0 Å². The normalized spacial score (nSPS) is 22.6. The Morgan fingerprint density at radius 3 is 2.51 bits per heavy atom. The van der Waals surface area contributed by atoms with Crippen LogP contribution in [0.3, 0.4) is 0 Å². The van der Waals surface area contributed by atoms with Crippen molar-refractivity contribution in [3.05, 3.63) is 72.1 Å². The molecule has 1 aliphatic heterocycles. The van der Waals surface area contributed by atoms with Crippen LogP contribution < -0.4 is 4.68 Å². The molecule has 0 spiro atoms. The van der Waals surface area contributed by atoms with Crippen LogP contribution >= 0.6 is 0 Å². The summed E-state index contributed by atoms with van der Waals surface area (Å²) in [4.78, 5) is 18.3. The number of aromatic amines is 1. The molecule has 1 saturated carbocycles. The molecule has 6 heteroatoms. The first-order valence-electron chi connectivity index (χ1n) is 14.7. The van der Waals surface area contributed by atoms with E-state index in [0.717, 1.165) is 30.6 Å². The lowest BCUT2D eigenvalue weighted by molar-refractivity contribution is -0.751. The molecule has 1 aromatic carbocycles. The highest BCUT2D eigenvalue weighted by atomic mass is 15.4. The molecule has 2 aliphatic rings. The molecule has 3 aromatic heterocycles. The Hall–Kier alpha value is -3.54. The summed E-state index contributed by atoms with van der Waals surface area (Å²) in [6.45, 7) is 4.56. The molecule has 4 heterocycles. The third-order valence-electron chi connectivity index (χ3n) is 9.14. The number of aryl methyl sites for hydroxylation is 2. The van der Waals surface area contributed by atoms with Crippen molar-refractivity contribution in [3.63, 3.8) is 0 Å². The summed E-state index contributed by atoms with van der Waals surface area (Å²) >= 11 is 0. The Balaban J connectivity index is 1.25. The number of H-pyrrole nitrogens is 1. The summed E-state index contributed by atoms with van der Waals surface area (Å²) in [7, 11) is 4.11. The van der Waals surface area contributed by atoms with E-state index < -0.39 is 0 Å². The molecule has 6 nitrogen and oxygen atoms in total. The van der Waals surface area contributed by atoms with E-state index in [2.05, 4.69) is 96.1 Å². The van der Waals surface area contributed by atoms with Gasteiger partial charge in [0.05, 0.1) is 30.2 Å². The molecule has 4 aromatic rings. The van der Waals surface area contributed by atoms with E-state index in [-0.39, 0.29) is 0 Å². The summed E-state index contributed by atoms with van der Waals surface area (Å²) in [5.74, 6) is 1.58. The predicted molar refractivity (Wildman–Crippen MR) is 158 cm³/mol. The second-order valence-electron chi connectivity index (χ2n) is 11.6. The number of hydrogen-bond donors (Lipinski definition) is 1. The van der Waals surface area contributed by atoms with Gasteiger partial charge in [0.1, 0.15) is 12.0 Å². The zero-order chi connectivity index (χ0) is 26.9. The van der Waals surface area contributed by atoms with E-state index in [4.69, 9.17) is 9.98 Å². The number of aromatic nitrogens is 5. The number of allylic oxidation sites excluding steroid dienone is 2. The van der Waals surface area contributed by atoms with Gasteiger partial charge in [0.25, 0.3) is 0 Å². The molecular formula is C33H41N6+. The van der Waals surface area contributed by atoms with Gasteiger partial charge in [-0.05, 0) is 74.5 Å². The predicted octanol–water partition coefficient (Wildman–Crippen LogP) is 7.14. The van der Waals surface area contributed by atoms with Crippen LogP contribution in [0.2, 0.25) is 0 Å². The number of hydrogen-bond acceptors (Lipinski definition) is 3. The van der Waals surface area contributed by atoms with Crippen LogP contribution in [-0.4, -0.2) is 25.3 Å². The first-order chi connectivity index (χ1) is 19.0. The molecular weight excluding hydrogens is 480 g/mol. The molecule has 0 bridgehead atoms. The minimum absolute atomic E-state index is 0.455. The van der Waals surface area contributed by atoms with Crippen molar-refractivity contribution in [1.82, 2.24) is 19.6 Å². The van der Waals surface area contributed by atoms with Crippen molar-refractivity contribution in [2.45, 2.75) is 71.1 Å². The molecule has 39 heavy (non-hydrogen) atoms. The maximum absolute atomic E-state index is 5.29. The van der Waals surface area contributed by atoms with E-state index in [9.17, 15) is 0 Å². The van der Waals surface area contributed by atoms with Gasteiger partial charge in [-0.25, -0.2) is 9.97 Å². The highest BCUT2D eigenvalue weighted by Crippen LogP contribution is 2.41. The second-order valence-corrected chi connectivity index (χ2v) is 11.6. The van der Waals surface area contributed by atoms with Crippen molar-refractivity contribution in [1.29, 1.82) is 0 Å². The smallest absolute Gasteiger partial charge is 0.204 e. The van der Waals surface area contributed by atoms with E-state index in [1.165, 1.54) is 71.3 Å². The summed E-state index contributed by atoms with van der Waals surface area (Å²) in [6, 6.07) is 13.1. The van der Waals surface area contributed by atoms with Gasteiger partial charge >= 0.3 is 0 Å². The van der Waals surface area contributed by atoms with Gasteiger partial charge in [-0.15, -0.1) is 4.68 Å². The first kappa shape index (κ1) is 25.7. The molecule has 0 radical (unpaired) electrons. The molecule has 1 aliphatic carbocycles. The van der Waals surface area contributed by atoms with Gasteiger partial charge < -0.3 is 4.98 Å². The molecule has 3 atom stereocenters. The molecule has 6 rings (SSSR count). The second kappa shape index (κ2) is 10.9. The van der Waals surface area contributed by atoms with Gasteiger partial charge in [-0.3, -0.25) is 4.99 Å². The SMILES string of the molecule is CCC1CC(C2CCCCC(c3ncnc4[nH]c(-c5cn(C)[n+](C)c5)cc34)CC2)=NC(C)=C1c1ccccc1. The van der Waals surface area contributed by atoms with Crippen molar-refractivity contribution >= 4 is 22.3 Å². The van der Waals surface area contributed by atoms with Crippen molar-refractivity contribution < 1.29 is 4.68 Å². The van der Waals surface area contributed by atoms with Crippen molar-refractivity contribution in [2.75, 3.05) is 0 Å². The van der Waals surface area contributed by atoms with Gasteiger partial charge in [-0.1, -0.05) is 50.1 Å². The molecule has 1 N–H and O–H groups in total. The van der Waals surface area contributed by atoms with Gasteiger partial charge in [0.2, 0.25) is 6.20 Å². The van der Waals surface area contributed by atoms with E-state index in [1.54, 1.807) is 6.33 Å². The number of benzene rings is 1. The third kappa shape index (κ3) is 5.09. The Morgan fingerprint density at radius 1 is 1.00 bits per heavy atom. The summed E-state index contributed by atoms with van der Waals surface area (Å²) in [6.07, 6.45) is 15.6. The Bertz CT molecular complexity index is 1500.